The number of hydrogen-bond donors (Lipinski definition) is 1. The van der Waals surface area contributed by atoms with Crippen molar-refractivity contribution in [3.63, 3.8) is 0 Å². The molecule has 0 bridgehead atoms. The van der Waals surface area contributed by atoms with E-state index >= 15 is 0 Å². The molecule has 3 heteroatoms. The average Bonchev–Trinajstić information content (AvgIpc) is 2.35. The van der Waals surface area contributed by atoms with Gasteiger partial charge in [-0.15, -0.1) is 0 Å². The van der Waals surface area contributed by atoms with Crippen LogP contribution in [0.1, 0.15) is 45.4 Å². The van der Waals surface area contributed by atoms with E-state index < -0.39 is 0 Å². The summed E-state index contributed by atoms with van der Waals surface area (Å²) in [4.78, 5) is 2.43. The van der Waals surface area contributed by atoms with E-state index in [1.807, 2.05) is 0 Å². The smallest absolute Gasteiger partial charge is 0.0701 e. The first kappa shape index (κ1) is 14.9. The van der Waals surface area contributed by atoms with Gasteiger partial charge in [-0.05, 0) is 58.8 Å². The Balaban J connectivity index is 1.91. The minimum atomic E-state index is 0.496. The van der Waals surface area contributed by atoms with Crippen molar-refractivity contribution >= 4 is 0 Å². The van der Waals surface area contributed by atoms with Gasteiger partial charge in [0.05, 0.1) is 6.10 Å². The Labute approximate surface area is 107 Å². The zero-order chi connectivity index (χ0) is 12.3. The predicted octanol–water partition coefficient (Wildman–Crippen LogP) is 2.27. The summed E-state index contributed by atoms with van der Waals surface area (Å²) in [6, 6.07) is 0. The molecular weight excluding hydrogens is 212 g/mol. The van der Waals surface area contributed by atoms with E-state index in [1.54, 1.807) is 0 Å². The molecule has 0 aliphatic carbocycles. The number of hydrogen-bond acceptors (Lipinski definition) is 3. The van der Waals surface area contributed by atoms with Crippen molar-refractivity contribution in [3.05, 3.63) is 0 Å². The van der Waals surface area contributed by atoms with E-state index in [2.05, 4.69) is 24.2 Å². The van der Waals surface area contributed by atoms with Crippen LogP contribution in [0.25, 0.3) is 0 Å². The lowest BCUT2D eigenvalue weighted by molar-refractivity contribution is -0.00160. The van der Waals surface area contributed by atoms with Crippen LogP contribution < -0.4 is 5.32 Å². The van der Waals surface area contributed by atoms with E-state index in [1.165, 1.54) is 51.6 Å². The summed E-state index contributed by atoms with van der Waals surface area (Å²) in [7, 11) is 2.22. The van der Waals surface area contributed by atoms with Gasteiger partial charge in [0.25, 0.3) is 0 Å². The molecule has 0 spiro atoms. The van der Waals surface area contributed by atoms with Gasteiger partial charge in [-0.2, -0.15) is 0 Å². The molecule has 1 aliphatic rings. The molecule has 0 aromatic heterocycles. The molecule has 0 radical (unpaired) electrons. The molecule has 3 nitrogen and oxygen atoms in total. The Hall–Kier alpha value is -0.120. The molecule has 1 rings (SSSR count). The van der Waals surface area contributed by atoms with Crippen LogP contribution >= 0.6 is 0 Å². The number of ether oxygens (including phenoxy) is 1. The van der Waals surface area contributed by atoms with Crippen molar-refractivity contribution in [2.45, 2.75) is 51.6 Å². The topological polar surface area (TPSA) is 24.5 Å². The SMILES string of the molecule is CCNCCCCCN(C)CC1CCCCO1. The molecule has 1 heterocycles. The average molecular weight is 242 g/mol. The van der Waals surface area contributed by atoms with Gasteiger partial charge in [0, 0.05) is 13.2 Å². The number of likely N-dealkylation sites (N-methyl/N-ethyl adjacent to an activating group) is 1. The molecule has 0 aromatic carbocycles. The van der Waals surface area contributed by atoms with E-state index in [0.29, 0.717) is 6.10 Å². The van der Waals surface area contributed by atoms with Gasteiger partial charge in [0.15, 0.2) is 0 Å². The van der Waals surface area contributed by atoms with Crippen LogP contribution in [0.2, 0.25) is 0 Å². The van der Waals surface area contributed by atoms with Crippen LogP contribution in [-0.4, -0.2) is 50.8 Å². The monoisotopic (exact) mass is 242 g/mol. The largest absolute Gasteiger partial charge is 0.377 e. The Kier molecular flexibility index (Phi) is 8.67. The van der Waals surface area contributed by atoms with Gasteiger partial charge in [-0.1, -0.05) is 13.3 Å². The predicted molar refractivity (Wildman–Crippen MR) is 73.5 cm³/mol. The van der Waals surface area contributed by atoms with Gasteiger partial charge in [0.2, 0.25) is 0 Å². The summed E-state index contributed by atoms with van der Waals surface area (Å²) in [5.41, 5.74) is 0. The normalized spacial score (nSPS) is 21.0. The van der Waals surface area contributed by atoms with Crippen LogP contribution in [0, 0.1) is 0 Å². The summed E-state index contributed by atoms with van der Waals surface area (Å²) in [5, 5.41) is 3.37. The second kappa shape index (κ2) is 9.86. The van der Waals surface area contributed by atoms with Crippen molar-refractivity contribution in [1.29, 1.82) is 0 Å². The van der Waals surface area contributed by atoms with Crippen LogP contribution in [-0.2, 0) is 4.74 Å². The third-order valence-corrected chi connectivity index (χ3v) is 3.43. The summed E-state index contributed by atoms with van der Waals surface area (Å²) in [6.45, 7) is 7.74. The highest BCUT2D eigenvalue weighted by atomic mass is 16.5. The van der Waals surface area contributed by atoms with E-state index in [4.69, 9.17) is 4.74 Å². The molecule has 0 aromatic rings. The van der Waals surface area contributed by atoms with Gasteiger partial charge >= 0.3 is 0 Å². The molecule has 1 aliphatic heterocycles. The first-order valence-electron chi connectivity index (χ1n) is 7.33. The third kappa shape index (κ3) is 7.74. The van der Waals surface area contributed by atoms with Crippen molar-refractivity contribution in [1.82, 2.24) is 10.2 Å². The number of nitrogens with one attached hydrogen (secondary N) is 1. The quantitative estimate of drug-likeness (QED) is 0.628. The summed E-state index contributed by atoms with van der Waals surface area (Å²) < 4.78 is 5.76. The third-order valence-electron chi connectivity index (χ3n) is 3.43. The van der Waals surface area contributed by atoms with E-state index in [-0.39, 0.29) is 0 Å². The standard InChI is InChI=1S/C14H30N2O/c1-3-15-10-6-4-7-11-16(2)13-14-9-5-8-12-17-14/h14-15H,3-13H2,1-2H3. The maximum atomic E-state index is 5.76. The second-order valence-electron chi connectivity index (χ2n) is 5.17. The minimum Gasteiger partial charge on any atom is -0.377 e. The van der Waals surface area contributed by atoms with Crippen LogP contribution in [0.3, 0.4) is 0 Å². The number of rotatable bonds is 9. The Morgan fingerprint density at radius 1 is 1.24 bits per heavy atom. The Bertz CT molecular complexity index is 170. The lowest BCUT2D eigenvalue weighted by Gasteiger charge is -2.27. The molecular formula is C14H30N2O. The summed E-state index contributed by atoms with van der Waals surface area (Å²) in [5.74, 6) is 0. The van der Waals surface area contributed by atoms with Crippen molar-refractivity contribution in [3.8, 4) is 0 Å². The molecule has 102 valence electrons. The first-order valence-corrected chi connectivity index (χ1v) is 7.33. The van der Waals surface area contributed by atoms with Crippen molar-refractivity contribution in [2.75, 3.05) is 39.8 Å². The van der Waals surface area contributed by atoms with Crippen molar-refractivity contribution in [2.24, 2.45) is 0 Å². The highest BCUT2D eigenvalue weighted by molar-refractivity contribution is 4.67. The van der Waals surface area contributed by atoms with Crippen molar-refractivity contribution < 1.29 is 4.74 Å². The number of unbranched alkanes of at least 4 members (excludes halogenated alkanes) is 2. The van der Waals surface area contributed by atoms with E-state index in [9.17, 15) is 0 Å². The zero-order valence-electron chi connectivity index (χ0n) is 11.7. The number of nitrogens with zero attached hydrogens (tertiary/aromatic N) is 1. The van der Waals surface area contributed by atoms with Crippen LogP contribution in [0.5, 0.6) is 0 Å². The van der Waals surface area contributed by atoms with Gasteiger partial charge in [-0.3, -0.25) is 0 Å². The summed E-state index contributed by atoms with van der Waals surface area (Å²) in [6.07, 6.45) is 8.31. The molecule has 1 fully saturated rings. The fourth-order valence-electron chi connectivity index (χ4n) is 2.38. The second-order valence-corrected chi connectivity index (χ2v) is 5.17. The molecule has 1 N–H and O–H groups in total. The first-order chi connectivity index (χ1) is 8.33. The molecule has 17 heavy (non-hydrogen) atoms. The lowest BCUT2D eigenvalue weighted by atomic mass is 10.1. The summed E-state index contributed by atoms with van der Waals surface area (Å²) >= 11 is 0. The molecule has 1 atom stereocenters. The van der Waals surface area contributed by atoms with Crippen LogP contribution in [0.4, 0.5) is 0 Å². The Morgan fingerprint density at radius 2 is 2.12 bits per heavy atom. The van der Waals surface area contributed by atoms with Gasteiger partial charge in [0.1, 0.15) is 0 Å². The maximum Gasteiger partial charge on any atom is 0.0701 e. The van der Waals surface area contributed by atoms with Gasteiger partial charge < -0.3 is 15.0 Å². The molecule has 1 saturated heterocycles. The molecule has 0 amide bonds. The van der Waals surface area contributed by atoms with Crippen LogP contribution in [0.15, 0.2) is 0 Å². The zero-order valence-corrected chi connectivity index (χ0v) is 11.7. The lowest BCUT2D eigenvalue weighted by Crippen LogP contribution is -2.33. The maximum absolute atomic E-state index is 5.76. The Morgan fingerprint density at radius 3 is 2.82 bits per heavy atom. The molecule has 1 unspecified atom stereocenters. The fraction of sp³-hybridized carbons (Fsp3) is 1.00. The highest BCUT2D eigenvalue weighted by Crippen LogP contribution is 2.13. The fourth-order valence-corrected chi connectivity index (χ4v) is 2.38. The minimum absolute atomic E-state index is 0.496. The molecule has 0 saturated carbocycles. The van der Waals surface area contributed by atoms with Gasteiger partial charge in [-0.25, -0.2) is 0 Å². The highest BCUT2D eigenvalue weighted by Gasteiger charge is 2.15. The van der Waals surface area contributed by atoms with E-state index in [0.717, 1.165) is 19.7 Å².